The number of pyridine rings is 1. The van der Waals surface area contributed by atoms with Crippen molar-refractivity contribution >= 4 is 17.8 Å². The Labute approximate surface area is 122 Å². The van der Waals surface area contributed by atoms with E-state index < -0.39 is 17.9 Å². The van der Waals surface area contributed by atoms with Gasteiger partial charge in [0.1, 0.15) is 11.7 Å². The van der Waals surface area contributed by atoms with Crippen molar-refractivity contribution in [2.24, 2.45) is 0 Å². The molecule has 7 heteroatoms. The summed E-state index contributed by atoms with van der Waals surface area (Å²) in [6.45, 7) is 5.40. The maximum Gasteiger partial charge on any atom is 0.354 e. The van der Waals surface area contributed by atoms with E-state index in [4.69, 9.17) is 5.11 Å². The molecule has 0 bridgehead atoms. The van der Waals surface area contributed by atoms with Crippen molar-refractivity contribution in [3.8, 4) is 0 Å². The number of aromatic carboxylic acids is 1. The molecule has 0 saturated heterocycles. The quantitative estimate of drug-likeness (QED) is 0.719. The third-order valence-electron chi connectivity index (χ3n) is 2.99. The fourth-order valence-electron chi connectivity index (χ4n) is 1.47. The van der Waals surface area contributed by atoms with Gasteiger partial charge in [0.25, 0.3) is 5.91 Å². The van der Waals surface area contributed by atoms with Crippen LogP contribution in [-0.4, -0.2) is 40.0 Å². The fraction of sp³-hybridized carbons (Fsp3) is 0.429. The average Bonchev–Trinajstić information content (AvgIpc) is 2.46. The highest BCUT2D eigenvalue weighted by molar-refractivity contribution is 5.97. The van der Waals surface area contributed by atoms with Gasteiger partial charge in [0.2, 0.25) is 5.91 Å². The summed E-state index contributed by atoms with van der Waals surface area (Å²) < 4.78 is 0. The molecule has 0 aliphatic rings. The van der Waals surface area contributed by atoms with E-state index in [-0.39, 0.29) is 23.2 Å². The molecule has 21 heavy (non-hydrogen) atoms. The number of hydrogen-bond donors (Lipinski definition) is 3. The molecular weight excluding hydrogens is 274 g/mol. The van der Waals surface area contributed by atoms with E-state index in [9.17, 15) is 14.4 Å². The second-order valence-electron chi connectivity index (χ2n) is 4.75. The van der Waals surface area contributed by atoms with Gasteiger partial charge in [-0.2, -0.15) is 0 Å². The number of carboxylic acid groups (broad SMARTS) is 1. The molecule has 0 spiro atoms. The van der Waals surface area contributed by atoms with E-state index in [0.29, 0.717) is 0 Å². The molecule has 0 aromatic carbocycles. The van der Waals surface area contributed by atoms with Gasteiger partial charge in [-0.05, 0) is 32.4 Å². The molecule has 2 atom stereocenters. The van der Waals surface area contributed by atoms with Crippen molar-refractivity contribution in [1.29, 1.82) is 0 Å². The van der Waals surface area contributed by atoms with Crippen LogP contribution in [0.15, 0.2) is 18.3 Å². The first-order chi connectivity index (χ1) is 9.85. The van der Waals surface area contributed by atoms with Crippen LogP contribution in [0.1, 0.15) is 48.0 Å². The highest BCUT2D eigenvalue weighted by Crippen LogP contribution is 2.01. The molecule has 3 N–H and O–H groups in total. The Morgan fingerprint density at radius 3 is 2.38 bits per heavy atom. The van der Waals surface area contributed by atoms with Crippen molar-refractivity contribution in [3.63, 3.8) is 0 Å². The number of nitrogens with zero attached hydrogens (tertiary/aromatic N) is 1. The largest absolute Gasteiger partial charge is 0.477 e. The Kier molecular flexibility index (Phi) is 5.83. The third-order valence-corrected chi connectivity index (χ3v) is 2.99. The van der Waals surface area contributed by atoms with Gasteiger partial charge in [-0.25, -0.2) is 9.78 Å². The number of carbonyl (C=O) groups excluding carboxylic acids is 2. The Bertz CT molecular complexity index is 528. The zero-order chi connectivity index (χ0) is 16.0. The van der Waals surface area contributed by atoms with Gasteiger partial charge in [0, 0.05) is 12.2 Å². The summed E-state index contributed by atoms with van der Waals surface area (Å²) in [5.74, 6) is -1.91. The van der Waals surface area contributed by atoms with E-state index in [1.165, 1.54) is 12.1 Å². The zero-order valence-electron chi connectivity index (χ0n) is 12.2. The Morgan fingerprint density at radius 1 is 1.24 bits per heavy atom. The number of rotatable bonds is 6. The average molecular weight is 293 g/mol. The minimum absolute atomic E-state index is 0.0355. The van der Waals surface area contributed by atoms with Crippen LogP contribution in [-0.2, 0) is 4.79 Å². The van der Waals surface area contributed by atoms with Crippen LogP contribution in [0.2, 0.25) is 0 Å². The van der Waals surface area contributed by atoms with Gasteiger partial charge in [0.05, 0.1) is 5.56 Å². The second-order valence-corrected chi connectivity index (χ2v) is 4.75. The van der Waals surface area contributed by atoms with Gasteiger partial charge in [0.15, 0.2) is 0 Å². The molecule has 2 unspecified atom stereocenters. The van der Waals surface area contributed by atoms with Gasteiger partial charge < -0.3 is 15.7 Å². The predicted molar refractivity (Wildman–Crippen MR) is 76.0 cm³/mol. The fourth-order valence-corrected chi connectivity index (χ4v) is 1.47. The van der Waals surface area contributed by atoms with Crippen molar-refractivity contribution in [3.05, 3.63) is 29.6 Å². The van der Waals surface area contributed by atoms with Gasteiger partial charge in [-0.15, -0.1) is 0 Å². The summed E-state index contributed by atoms with van der Waals surface area (Å²) in [6, 6.07) is 1.94. The molecule has 114 valence electrons. The lowest BCUT2D eigenvalue weighted by Crippen LogP contribution is -2.47. The molecule has 0 aliphatic carbocycles. The molecule has 1 aromatic rings. The van der Waals surface area contributed by atoms with E-state index in [0.717, 1.165) is 12.6 Å². The SMILES string of the molecule is CCC(C)NC(=O)C(C)NC(=O)c1ccc(C(=O)O)nc1. The first-order valence-corrected chi connectivity index (χ1v) is 6.65. The number of carboxylic acids is 1. The molecular formula is C14H19N3O4. The van der Waals surface area contributed by atoms with E-state index >= 15 is 0 Å². The smallest absolute Gasteiger partial charge is 0.354 e. The standard InChI is InChI=1S/C14H19N3O4/c1-4-8(2)16-12(18)9(3)17-13(19)10-5-6-11(14(20)21)15-7-10/h5-9H,4H2,1-3H3,(H,16,18)(H,17,19)(H,20,21). The Hall–Kier alpha value is -2.44. The monoisotopic (exact) mass is 293 g/mol. The number of hydrogen-bond acceptors (Lipinski definition) is 4. The molecule has 0 saturated carbocycles. The van der Waals surface area contributed by atoms with E-state index in [2.05, 4.69) is 15.6 Å². The number of carbonyl (C=O) groups is 3. The van der Waals surface area contributed by atoms with Crippen molar-refractivity contribution in [2.45, 2.75) is 39.3 Å². The normalized spacial score (nSPS) is 13.1. The van der Waals surface area contributed by atoms with Gasteiger partial charge in [-0.3, -0.25) is 9.59 Å². The maximum absolute atomic E-state index is 11.9. The third kappa shape index (κ3) is 4.87. The number of nitrogens with one attached hydrogen (secondary N) is 2. The minimum atomic E-state index is -1.16. The summed E-state index contributed by atoms with van der Waals surface area (Å²) in [5.41, 5.74) is 0.0531. The van der Waals surface area contributed by atoms with Crippen molar-refractivity contribution < 1.29 is 19.5 Å². The zero-order valence-corrected chi connectivity index (χ0v) is 12.2. The molecule has 2 amide bonds. The summed E-state index contributed by atoms with van der Waals surface area (Å²) in [5, 5.41) is 14.0. The molecule has 7 nitrogen and oxygen atoms in total. The minimum Gasteiger partial charge on any atom is -0.477 e. The highest BCUT2D eigenvalue weighted by atomic mass is 16.4. The lowest BCUT2D eigenvalue weighted by molar-refractivity contribution is -0.123. The molecule has 1 heterocycles. The van der Waals surface area contributed by atoms with E-state index in [1.54, 1.807) is 6.92 Å². The predicted octanol–water partition coefficient (Wildman–Crippen LogP) is 0.813. The van der Waals surface area contributed by atoms with Crippen LogP contribution >= 0.6 is 0 Å². The topological polar surface area (TPSA) is 108 Å². The second kappa shape index (κ2) is 7.37. The molecule has 0 aliphatic heterocycles. The maximum atomic E-state index is 11.9. The van der Waals surface area contributed by atoms with Crippen LogP contribution in [0, 0.1) is 0 Å². The summed E-state index contributed by atoms with van der Waals surface area (Å²) >= 11 is 0. The lowest BCUT2D eigenvalue weighted by atomic mass is 10.2. The van der Waals surface area contributed by atoms with Gasteiger partial charge in [-0.1, -0.05) is 6.92 Å². The molecule has 0 fully saturated rings. The van der Waals surface area contributed by atoms with Crippen LogP contribution in [0.4, 0.5) is 0 Å². The van der Waals surface area contributed by atoms with Crippen LogP contribution in [0.5, 0.6) is 0 Å². The van der Waals surface area contributed by atoms with E-state index in [1.807, 2.05) is 13.8 Å². The molecule has 1 rings (SSSR count). The summed E-state index contributed by atoms with van der Waals surface area (Å²) in [4.78, 5) is 38.0. The lowest BCUT2D eigenvalue weighted by Gasteiger charge is -2.17. The Morgan fingerprint density at radius 2 is 1.90 bits per heavy atom. The van der Waals surface area contributed by atoms with Crippen molar-refractivity contribution in [2.75, 3.05) is 0 Å². The molecule has 1 aromatic heterocycles. The highest BCUT2D eigenvalue weighted by Gasteiger charge is 2.18. The summed E-state index contributed by atoms with van der Waals surface area (Å²) in [7, 11) is 0. The van der Waals surface area contributed by atoms with Crippen LogP contribution in [0.3, 0.4) is 0 Å². The van der Waals surface area contributed by atoms with Crippen molar-refractivity contribution in [1.82, 2.24) is 15.6 Å². The first-order valence-electron chi connectivity index (χ1n) is 6.65. The van der Waals surface area contributed by atoms with Gasteiger partial charge >= 0.3 is 5.97 Å². The van der Waals surface area contributed by atoms with Crippen LogP contribution in [0.25, 0.3) is 0 Å². The number of aromatic nitrogens is 1. The molecule has 0 radical (unpaired) electrons. The summed E-state index contributed by atoms with van der Waals surface area (Å²) in [6.07, 6.45) is 1.96. The number of amides is 2. The van der Waals surface area contributed by atoms with Crippen LogP contribution < -0.4 is 10.6 Å². The first kappa shape index (κ1) is 16.6. The Balaban J connectivity index is 2.63.